The molecule has 118 valence electrons. The van der Waals surface area contributed by atoms with Crippen LogP contribution in [0.3, 0.4) is 0 Å². The lowest BCUT2D eigenvalue weighted by Gasteiger charge is -2.14. The van der Waals surface area contributed by atoms with E-state index in [4.69, 9.17) is 0 Å². The highest BCUT2D eigenvalue weighted by atomic mass is 32.2. The number of halogens is 1. The zero-order valence-corrected chi connectivity index (χ0v) is 14.1. The molecule has 2 N–H and O–H groups in total. The summed E-state index contributed by atoms with van der Waals surface area (Å²) in [6.07, 6.45) is 2.07. The molecule has 0 amide bonds. The van der Waals surface area contributed by atoms with Gasteiger partial charge in [-0.2, -0.15) is 11.8 Å². The van der Waals surface area contributed by atoms with Crippen LogP contribution in [0, 0.1) is 5.82 Å². The Bertz CT molecular complexity index is 463. The number of nitrogens with zero attached hydrogens (tertiary/aromatic N) is 2. The molecule has 0 saturated carbocycles. The van der Waals surface area contributed by atoms with Crippen molar-refractivity contribution in [2.45, 2.75) is 13.1 Å². The Morgan fingerprint density at radius 1 is 1.33 bits per heavy atom. The summed E-state index contributed by atoms with van der Waals surface area (Å²) in [6, 6.07) is 5.23. The van der Waals surface area contributed by atoms with Gasteiger partial charge in [0.15, 0.2) is 5.96 Å². The van der Waals surface area contributed by atoms with Crippen LogP contribution < -0.4 is 10.6 Å². The van der Waals surface area contributed by atoms with Gasteiger partial charge in [0.05, 0.1) is 0 Å². The fraction of sp³-hybridized carbons (Fsp3) is 0.533. The largest absolute Gasteiger partial charge is 0.356 e. The van der Waals surface area contributed by atoms with Crippen molar-refractivity contribution < 1.29 is 4.39 Å². The molecule has 1 aromatic rings. The normalized spacial score (nSPS) is 11.8. The fourth-order valence-corrected chi connectivity index (χ4v) is 2.18. The van der Waals surface area contributed by atoms with Crippen molar-refractivity contribution in [3.8, 4) is 0 Å². The van der Waals surface area contributed by atoms with Gasteiger partial charge in [0.25, 0.3) is 0 Å². The molecule has 21 heavy (non-hydrogen) atoms. The number of hydrogen-bond donors (Lipinski definition) is 2. The second-order valence-corrected chi connectivity index (χ2v) is 5.99. The van der Waals surface area contributed by atoms with E-state index in [2.05, 4.69) is 21.9 Å². The molecule has 0 aliphatic carbocycles. The van der Waals surface area contributed by atoms with Crippen molar-refractivity contribution in [2.24, 2.45) is 4.99 Å². The van der Waals surface area contributed by atoms with Gasteiger partial charge >= 0.3 is 0 Å². The molecule has 0 spiro atoms. The highest BCUT2D eigenvalue weighted by Gasteiger charge is 2.05. The first kappa shape index (κ1) is 17.8. The van der Waals surface area contributed by atoms with Crippen LogP contribution in [0.1, 0.15) is 11.1 Å². The summed E-state index contributed by atoms with van der Waals surface area (Å²) in [5.41, 5.74) is 1.76. The lowest BCUT2D eigenvalue weighted by Crippen LogP contribution is -2.37. The maximum absolute atomic E-state index is 13.7. The van der Waals surface area contributed by atoms with Gasteiger partial charge in [-0.15, -0.1) is 0 Å². The summed E-state index contributed by atoms with van der Waals surface area (Å²) >= 11 is 1.79. The molecule has 0 aliphatic heterocycles. The number of nitrogens with one attached hydrogen (secondary N) is 2. The molecule has 0 heterocycles. The summed E-state index contributed by atoms with van der Waals surface area (Å²) in [7, 11) is 5.61. The quantitative estimate of drug-likeness (QED) is 0.458. The molecule has 0 aliphatic rings. The molecular formula is C15H25FN4S. The second-order valence-electron chi connectivity index (χ2n) is 5.01. The number of aliphatic imine (C=N–C) groups is 1. The van der Waals surface area contributed by atoms with E-state index in [1.165, 1.54) is 6.07 Å². The lowest BCUT2D eigenvalue weighted by molar-refractivity contribution is 0.392. The molecule has 0 aromatic heterocycles. The monoisotopic (exact) mass is 312 g/mol. The molecule has 6 heteroatoms. The molecule has 1 rings (SSSR count). The zero-order chi connectivity index (χ0) is 15.7. The summed E-state index contributed by atoms with van der Waals surface area (Å²) in [5.74, 6) is 1.64. The first-order valence-corrected chi connectivity index (χ1v) is 8.31. The molecule has 0 fully saturated rings. The van der Waals surface area contributed by atoms with Crippen molar-refractivity contribution >= 4 is 17.7 Å². The van der Waals surface area contributed by atoms with Crippen LogP contribution in [0.25, 0.3) is 0 Å². The number of benzene rings is 1. The van der Waals surface area contributed by atoms with Gasteiger partial charge in [0.1, 0.15) is 5.82 Å². The molecule has 0 radical (unpaired) electrons. The van der Waals surface area contributed by atoms with Crippen LogP contribution in [0.15, 0.2) is 23.2 Å². The Labute approximate surface area is 131 Å². The van der Waals surface area contributed by atoms with Crippen molar-refractivity contribution in [1.82, 2.24) is 15.5 Å². The minimum Gasteiger partial charge on any atom is -0.356 e. The van der Waals surface area contributed by atoms with Crippen molar-refractivity contribution in [2.75, 3.05) is 39.7 Å². The third-order valence-electron chi connectivity index (χ3n) is 2.88. The third kappa shape index (κ3) is 6.82. The summed E-state index contributed by atoms with van der Waals surface area (Å²) < 4.78 is 13.7. The Kier molecular flexibility index (Phi) is 8.15. The number of guanidine groups is 1. The average Bonchev–Trinajstić information content (AvgIpc) is 2.45. The van der Waals surface area contributed by atoms with Gasteiger partial charge in [0.2, 0.25) is 0 Å². The van der Waals surface area contributed by atoms with Crippen molar-refractivity contribution in [3.63, 3.8) is 0 Å². The summed E-state index contributed by atoms with van der Waals surface area (Å²) in [6.45, 7) is 2.09. The molecule has 0 unspecified atom stereocenters. The van der Waals surface area contributed by atoms with Crippen molar-refractivity contribution in [1.29, 1.82) is 0 Å². The van der Waals surface area contributed by atoms with Crippen LogP contribution in [0.2, 0.25) is 0 Å². The first-order chi connectivity index (χ1) is 10.1. The second kappa shape index (κ2) is 9.63. The van der Waals surface area contributed by atoms with E-state index in [0.29, 0.717) is 18.7 Å². The zero-order valence-electron chi connectivity index (χ0n) is 13.2. The molecule has 0 atom stereocenters. The topological polar surface area (TPSA) is 39.7 Å². The van der Waals surface area contributed by atoms with E-state index in [-0.39, 0.29) is 5.82 Å². The van der Waals surface area contributed by atoms with Crippen molar-refractivity contribution in [3.05, 3.63) is 35.1 Å². The van der Waals surface area contributed by atoms with E-state index >= 15 is 0 Å². The third-order valence-corrected chi connectivity index (χ3v) is 3.49. The standard InChI is InChI=1S/C15H25FN4S/c1-17-15(18-7-8-21-4)19-10-12-5-6-14(16)13(9-12)11-20(2)3/h5-6,9H,7-8,10-11H2,1-4H3,(H2,17,18,19). The van der Waals surface area contributed by atoms with E-state index in [9.17, 15) is 4.39 Å². The first-order valence-electron chi connectivity index (χ1n) is 6.92. The van der Waals surface area contributed by atoms with Gasteiger partial charge in [-0.05, 0) is 38.0 Å². The van der Waals surface area contributed by atoms with Crippen LogP contribution in [0.4, 0.5) is 4.39 Å². The van der Waals surface area contributed by atoms with E-state index in [0.717, 1.165) is 23.8 Å². The Balaban J connectivity index is 2.58. The average molecular weight is 312 g/mol. The molecule has 4 nitrogen and oxygen atoms in total. The van der Waals surface area contributed by atoms with Gasteiger partial charge in [0, 0.05) is 38.0 Å². The summed E-state index contributed by atoms with van der Waals surface area (Å²) in [4.78, 5) is 6.12. The van der Waals surface area contributed by atoms with Crippen LogP contribution in [0.5, 0.6) is 0 Å². The van der Waals surface area contributed by atoms with Gasteiger partial charge in [-0.3, -0.25) is 4.99 Å². The maximum Gasteiger partial charge on any atom is 0.191 e. The van der Waals surface area contributed by atoms with Crippen LogP contribution in [-0.2, 0) is 13.1 Å². The van der Waals surface area contributed by atoms with Gasteiger partial charge < -0.3 is 15.5 Å². The number of rotatable bonds is 7. The SMILES string of the molecule is CN=C(NCCSC)NCc1ccc(F)c(CN(C)C)c1. The molecule has 0 bridgehead atoms. The Morgan fingerprint density at radius 3 is 2.71 bits per heavy atom. The molecule has 0 saturated heterocycles. The number of thioether (sulfide) groups is 1. The lowest BCUT2D eigenvalue weighted by atomic mass is 10.1. The highest BCUT2D eigenvalue weighted by molar-refractivity contribution is 7.98. The highest BCUT2D eigenvalue weighted by Crippen LogP contribution is 2.12. The predicted octanol–water partition coefficient (Wildman–Crippen LogP) is 1.92. The number of hydrogen-bond acceptors (Lipinski definition) is 3. The van der Waals surface area contributed by atoms with Gasteiger partial charge in [-0.25, -0.2) is 4.39 Å². The van der Waals surface area contributed by atoms with E-state index in [1.54, 1.807) is 24.9 Å². The minimum absolute atomic E-state index is 0.157. The Morgan fingerprint density at radius 2 is 2.10 bits per heavy atom. The molecule has 1 aromatic carbocycles. The molecular weight excluding hydrogens is 287 g/mol. The smallest absolute Gasteiger partial charge is 0.191 e. The fourth-order valence-electron chi connectivity index (χ4n) is 1.88. The van der Waals surface area contributed by atoms with Crippen LogP contribution >= 0.6 is 11.8 Å². The van der Waals surface area contributed by atoms with E-state index in [1.807, 2.05) is 25.1 Å². The van der Waals surface area contributed by atoms with Crippen LogP contribution in [-0.4, -0.2) is 50.6 Å². The summed E-state index contributed by atoms with van der Waals surface area (Å²) in [5, 5.41) is 6.47. The van der Waals surface area contributed by atoms with Gasteiger partial charge in [-0.1, -0.05) is 6.07 Å². The minimum atomic E-state index is -0.157. The van der Waals surface area contributed by atoms with E-state index < -0.39 is 0 Å². The predicted molar refractivity (Wildman–Crippen MR) is 90.4 cm³/mol. The maximum atomic E-state index is 13.7. The Hall–Kier alpha value is -1.27.